The van der Waals surface area contributed by atoms with Crippen molar-refractivity contribution in [1.29, 1.82) is 5.26 Å². The van der Waals surface area contributed by atoms with Gasteiger partial charge in [-0.15, -0.1) is 34.4 Å². The van der Waals surface area contributed by atoms with Gasteiger partial charge in [0.1, 0.15) is 16.8 Å². The van der Waals surface area contributed by atoms with Gasteiger partial charge in [0.25, 0.3) is 0 Å². The van der Waals surface area contributed by atoms with Crippen molar-refractivity contribution < 1.29 is 4.74 Å². The Morgan fingerprint density at radius 1 is 1.04 bits per heavy atom. The van der Waals surface area contributed by atoms with E-state index >= 15 is 0 Å². The lowest BCUT2D eigenvalue weighted by atomic mass is 10.1. The molecular weight excluding hydrogens is 404 g/mol. The number of hydrogen-bond donors (Lipinski definition) is 0. The number of nitriles is 1. The lowest BCUT2D eigenvalue weighted by molar-refractivity contribution is 0.414. The second kappa shape index (κ2) is 8.61. The van der Waals surface area contributed by atoms with Gasteiger partial charge in [-0.05, 0) is 46.7 Å². The molecule has 0 amide bonds. The molecule has 0 atom stereocenters. The highest BCUT2D eigenvalue weighted by Crippen LogP contribution is 2.37. The maximum Gasteiger partial charge on any atom is 0.118 e. The molecule has 4 aromatic rings. The average molecular weight is 421 g/mol. The summed E-state index contributed by atoms with van der Waals surface area (Å²) < 4.78 is 5.22. The van der Waals surface area contributed by atoms with Gasteiger partial charge in [-0.25, -0.2) is 4.98 Å². The van der Waals surface area contributed by atoms with E-state index in [4.69, 9.17) is 9.72 Å². The van der Waals surface area contributed by atoms with Crippen LogP contribution in [0.5, 0.6) is 5.75 Å². The van der Waals surface area contributed by atoms with Gasteiger partial charge in [0, 0.05) is 16.2 Å². The zero-order chi connectivity index (χ0) is 19.3. The van der Waals surface area contributed by atoms with E-state index in [-0.39, 0.29) is 0 Å². The van der Waals surface area contributed by atoms with E-state index in [2.05, 4.69) is 18.2 Å². The Hall–Kier alpha value is -2.59. The molecule has 0 radical (unpaired) electrons. The van der Waals surface area contributed by atoms with Crippen LogP contribution >= 0.6 is 34.4 Å². The fourth-order valence-electron chi connectivity index (χ4n) is 2.78. The fraction of sp³-hybridized carbons (Fsp3) is 0.0909. The first-order valence-electron chi connectivity index (χ1n) is 8.57. The SMILES string of the molecule is COc1ccc(CSc2nc(-c3cccs3)cc(-c3cccs3)c2C#N)cc1. The second-order valence-corrected chi connectivity index (χ2v) is 8.80. The van der Waals surface area contributed by atoms with Crippen molar-refractivity contribution in [3.05, 3.63) is 76.5 Å². The van der Waals surface area contributed by atoms with Crippen LogP contribution in [0.1, 0.15) is 11.1 Å². The highest BCUT2D eigenvalue weighted by Gasteiger charge is 2.17. The van der Waals surface area contributed by atoms with Crippen molar-refractivity contribution in [2.75, 3.05) is 7.11 Å². The summed E-state index contributed by atoms with van der Waals surface area (Å²) in [5.74, 6) is 1.58. The van der Waals surface area contributed by atoms with Crippen molar-refractivity contribution >= 4 is 34.4 Å². The van der Waals surface area contributed by atoms with E-state index in [0.29, 0.717) is 5.56 Å². The molecule has 0 unspecified atom stereocenters. The molecule has 1 aromatic carbocycles. The molecule has 0 N–H and O–H groups in total. The Kier molecular flexibility index (Phi) is 5.77. The van der Waals surface area contributed by atoms with Crippen LogP contribution in [0.25, 0.3) is 21.0 Å². The summed E-state index contributed by atoms with van der Waals surface area (Å²) in [7, 11) is 1.66. The lowest BCUT2D eigenvalue weighted by Crippen LogP contribution is -1.95. The monoisotopic (exact) mass is 420 g/mol. The molecule has 3 aromatic heterocycles. The van der Waals surface area contributed by atoms with Crippen LogP contribution in [-0.2, 0) is 5.75 Å². The number of aromatic nitrogens is 1. The van der Waals surface area contributed by atoms with Crippen LogP contribution in [0.3, 0.4) is 0 Å². The minimum absolute atomic E-state index is 0.640. The molecule has 0 spiro atoms. The molecule has 0 aliphatic carbocycles. The average Bonchev–Trinajstić information content (AvgIpc) is 3.46. The predicted octanol–water partition coefficient (Wildman–Crippen LogP) is 6.71. The Morgan fingerprint density at radius 3 is 2.36 bits per heavy atom. The molecule has 0 saturated heterocycles. The van der Waals surface area contributed by atoms with Gasteiger partial charge in [-0.1, -0.05) is 24.3 Å². The summed E-state index contributed by atoms with van der Waals surface area (Å²) in [4.78, 5) is 7.03. The molecule has 138 valence electrons. The first-order valence-corrected chi connectivity index (χ1v) is 11.3. The molecule has 0 aliphatic rings. The van der Waals surface area contributed by atoms with Crippen molar-refractivity contribution in [3.8, 4) is 32.8 Å². The van der Waals surface area contributed by atoms with E-state index in [1.807, 2.05) is 53.2 Å². The third kappa shape index (κ3) is 3.97. The van der Waals surface area contributed by atoms with Gasteiger partial charge < -0.3 is 4.74 Å². The number of hydrogen-bond acceptors (Lipinski definition) is 6. The number of thioether (sulfide) groups is 1. The van der Waals surface area contributed by atoms with Crippen LogP contribution in [0.2, 0.25) is 0 Å². The Morgan fingerprint density at radius 2 is 1.75 bits per heavy atom. The summed E-state index contributed by atoms with van der Waals surface area (Å²) >= 11 is 4.89. The molecule has 0 fully saturated rings. The number of ether oxygens (including phenoxy) is 1. The summed E-state index contributed by atoms with van der Waals surface area (Å²) in [6, 6.07) is 20.6. The van der Waals surface area contributed by atoms with Gasteiger partial charge in [0.15, 0.2) is 0 Å². The smallest absolute Gasteiger partial charge is 0.118 e. The van der Waals surface area contributed by atoms with E-state index < -0.39 is 0 Å². The van der Waals surface area contributed by atoms with Gasteiger partial charge in [0.05, 0.1) is 23.2 Å². The number of nitrogens with zero attached hydrogens (tertiary/aromatic N) is 2. The molecule has 3 nitrogen and oxygen atoms in total. The lowest BCUT2D eigenvalue weighted by Gasteiger charge is -2.11. The number of pyridine rings is 1. The zero-order valence-electron chi connectivity index (χ0n) is 15.1. The predicted molar refractivity (Wildman–Crippen MR) is 118 cm³/mol. The molecular formula is C22H16N2OS3. The zero-order valence-corrected chi connectivity index (χ0v) is 17.5. The van der Waals surface area contributed by atoms with Crippen LogP contribution in [0.4, 0.5) is 0 Å². The fourth-order valence-corrected chi connectivity index (χ4v) is 5.18. The summed E-state index contributed by atoms with van der Waals surface area (Å²) in [5.41, 5.74) is 3.67. The van der Waals surface area contributed by atoms with Crippen molar-refractivity contribution in [3.63, 3.8) is 0 Å². The minimum Gasteiger partial charge on any atom is -0.497 e. The van der Waals surface area contributed by atoms with Gasteiger partial charge in [0.2, 0.25) is 0 Å². The van der Waals surface area contributed by atoms with Crippen molar-refractivity contribution in [1.82, 2.24) is 4.98 Å². The second-order valence-electron chi connectivity index (χ2n) is 5.94. The molecule has 0 bridgehead atoms. The summed E-state index contributed by atoms with van der Waals surface area (Å²) in [5, 5.41) is 14.7. The number of rotatable bonds is 6. The molecule has 4 rings (SSSR count). The first kappa shape index (κ1) is 18.8. The van der Waals surface area contributed by atoms with Gasteiger partial charge in [-0.2, -0.15) is 5.26 Å². The van der Waals surface area contributed by atoms with E-state index in [1.165, 1.54) is 0 Å². The molecule has 6 heteroatoms. The van der Waals surface area contributed by atoms with Gasteiger partial charge in [-0.3, -0.25) is 0 Å². The molecule has 28 heavy (non-hydrogen) atoms. The summed E-state index contributed by atoms with van der Waals surface area (Å²) in [6.07, 6.45) is 0. The van der Waals surface area contributed by atoms with Crippen LogP contribution in [-0.4, -0.2) is 12.1 Å². The van der Waals surface area contributed by atoms with E-state index in [0.717, 1.165) is 43.1 Å². The Bertz CT molecular complexity index is 1100. The summed E-state index contributed by atoms with van der Waals surface area (Å²) in [6.45, 7) is 0. The minimum atomic E-state index is 0.640. The third-order valence-electron chi connectivity index (χ3n) is 4.19. The van der Waals surface area contributed by atoms with Crippen molar-refractivity contribution in [2.24, 2.45) is 0 Å². The maximum atomic E-state index is 9.87. The normalized spacial score (nSPS) is 10.6. The highest BCUT2D eigenvalue weighted by molar-refractivity contribution is 7.98. The van der Waals surface area contributed by atoms with Gasteiger partial charge >= 0.3 is 0 Å². The van der Waals surface area contributed by atoms with Crippen molar-refractivity contribution in [2.45, 2.75) is 10.8 Å². The van der Waals surface area contributed by atoms with Crippen LogP contribution in [0.15, 0.2) is 70.4 Å². The largest absolute Gasteiger partial charge is 0.497 e. The van der Waals surface area contributed by atoms with Crippen LogP contribution in [0, 0.1) is 11.3 Å². The molecule has 3 heterocycles. The highest BCUT2D eigenvalue weighted by atomic mass is 32.2. The topological polar surface area (TPSA) is 45.9 Å². The Labute approximate surface area is 176 Å². The quantitative estimate of drug-likeness (QED) is 0.325. The maximum absolute atomic E-state index is 9.87. The Balaban J connectivity index is 1.73. The number of thiophene rings is 2. The molecule has 0 saturated carbocycles. The number of methoxy groups -OCH3 is 1. The number of benzene rings is 1. The van der Waals surface area contributed by atoms with Crippen LogP contribution < -0.4 is 4.74 Å². The first-order chi connectivity index (χ1) is 13.8. The van der Waals surface area contributed by atoms with E-state index in [9.17, 15) is 5.26 Å². The molecule has 0 aliphatic heterocycles. The van der Waals surface area contributed by atoms with E-state index in [1.54, 1.807) is 41.5 Å². The standard InChI is InChI=1S/C22H16N2OS3/c1-25-16-8-6-15(7-9-16)14-28-22-18(13-23)17(20-4-2-10-26-20)12-19(24-22)21-5-3-11-27-21/h2-12H,14H2,1H3. The third-order valence-corrected chi connectivity index (χ3v) is 7.03.